The lowest BCUT2D eigenvalue weighted by Crippen LogP contribution is -2.57. The third-order valence-corrected chi connectivity index (χ3v) is 7.29. The summed E-state index contributed by atoms with van der Waals surface area (Å²) in [6.07, 6.45) is 4.24. The SMILES string of the molecule is NC(=O)C1(Nc2ccccc2)CCN(c2ncc(C(=O)Nc3nn(-c4ccccc4)cc3N)s2)CC1. The van der Waals surface area contributed by atoms with E-state index in [4.69, 9.17) is 11.5 Å². The number of nitrogens with one attached hydrogen (secondary N) is 2. The van der Waals surface area contributed by atoms with Gasteiger partial charge in [0.25, 0.3) is 5.91 Å². The van der Waals surface area contributed by atoms with Gasteiger partial charge in [-0.15, -0.1) is 5.10 Å². The fourth-order valence-corrected chi connectivity index (χ4v) is 5.06. The van der Waals surface area contributed by atoms with Crippen LogP contribution in [-0.4, -0.2) is 45.2 Å². The Balaban J connectivity index is 1.24. The summed E-state index contributed by atoms with van der Waals surface area (Å²) in [5, 5.41) is 11.2. The normalized spacial score (nSPS) is 14.8. The van der Waals surface area contributed by atoms with Gasteiger partial charge in [-0.05, 0) is 37.1 Å². The monoisotopic (exact) mass is 502 g/mol. The Morgan fingerprint density at radius 1 is 1.00 bits per heavy atom. The van der Waals surface area contributed by atoms with E-state index in [2.05, 4.69) is 25.6 Å². The molecule has 0 unspecified atom stereocenters. The molecule has 2 aromatic heterocycles. The first-order valence-corrected chi connectivity index (χ1v) is 12.3. The predicted octanol–water partition coefficient (Wildman–Crippen LogP) is 3.10. The number of carbonyl (C=O) groups is 2. The third-order valence-electron chi connectivity index (χ3n) is 6.23. The number of carbonyl (C=O) groups excluding carboxylic acids is 2. The summed E-state index contributed by atoms with van der Waals surface area (Å²) in [7, 11) is 0. The van der Waals surface area contributed by atoms with Crippen LogP contribution in [0.5, 0.6) is 0 Å². The van der Waals surface area contributed by atoms with Crippen molar-refractivity contribution in [2.45, 2.75) is 18.4 Å². The van der Waals surface area contributed by atoms with Crippen molar-refractivity contribution in [3.63, 3.8) is 0 Å². The molecule has 0 spiro atoms. The quantitative estimate of drug-likeness (QED) is 0.304. The molecule has 1 aliphatic rings. The van der Waals surface area contributed by atoms with E-state index in [0.29, 0.717) is 41.6 Å². The van der Waals surface area contributed by atoms with E-state index in [1.807, 2.05) is 60.7 Å². The summed E-state index contributed by atoms with van der Waals surface area (Å²) in [5.41, 5.74) is 13.1. The molecule has 1 fully saturated rings. The van der Waals surface area contributed by atoms with Crippen LogP contribution in [0.2, 0.25) is 0 Å². The predicted molar refractivity (Wildman–Crippen MR) is 141 cm³/mol. The maximum absolute atomic E-state index is 12.9. The highest BCUT2D eigenvalue weighted by atomic mass is 32.1. The van der Waals surface area contributed by atoms with E-state index in [0.717, 1.165) is 11.4 Å². The molecule has 2 aromatic carbocycles. The lowest BCUT2D eigenvalue weighted by molar-refractivity contribution is -0.122. The molecule has 10 nitrogen and oxygen atoms in total. The maximum atomic E-state index is 12.9. The van der Waals surface area contributed by atoms with Gasteiger partial charge in [-0.1, -0.05) is 47.7 Å². The van der Waals surface area contributed by atoms with E-state index in [1.54, 1.807) is 10.9 Å². The van der Waals surface area contributed by atoms with Crippen LogP contribution in [0.25, 0.3) is 5.69 Å². The van der Waals surface area contributed by atoms with E-state index in [1.165, 1.54) is 17.5 Å². The van der Waals surface area contributed by atoms with Crippen molar-refractivity contribution in [1.29, 1.82) is 0 Å². The summed E-state index contributed by atoms with van der Waals surface area (Å²) < 4.78 is 1.62. The average Bonchev–Trinajstić information content (AvgIpc) is 3.53. The largest absolute Gasteiger partial charge is 0.394 e. The lowest BCUT2D eigenvalue weighted by Gasteiger charge is -2.40. The summed E-state index contributed by atoms with van der Waals surface area (Å²) in [5.74, 6) is -0.425. The number of benzene rings is 2. The molecule has 0 bridgehead atoms. The van der Waals surface area contributed by atoms with Crippen LogP contribution in [0.15, 0.2) is 73.1 Å². The van der Waals surface area contributed by atoms with Crippen LogP contribution in [-0.2, 0) is 4.79 Å². The van der Waals surface area contributed by atoms with Crippen LogP contribution in [0.4, 0.5) is 22.3 Å². The number of nitrogens with zero attached hydrogens (tertiary/aromatic N) is 4. The smallest absolute Gasteiger partial charge is 0.268 e. The summed E-state index contributed by atoms with van der Waals surface area (Å²) in [6.45, 7) is 1.15. The van der Waals surface area contributed by atoms with E-state index < -0.39 is 5.54 Å². The number of anilines is 4. The standard InChI is InChI=1S/C25H26N8O2S/c26-19-16-33(18-9-5-2-6-10-18)31-21(19)29-22(34)20-15-28-24(36-20)32-13-11-25(12-14-32,23(27)35)30-17-7-3-1-4-8-17/h1-10,15-16,30H,11-14,26H2,(H2,27,35)(H,29,31,34). The van der Waals surface area contributed by atoms with Crippen LogP contribution in [0.1, 0.15) is 22.5 Å². The number of aromatic nitrogens is 3. The second kappa shape index (κ2) is 9.70. The second-order valence-corrected chi connectivity index (χ2v) is 9.61. The van der Waals surface area contributed by atoms with Gasteiger partial charge < -0.3 is 27.0 Å². The van der Waals surface area contributed by atoms with Gasteiger partial charge in [0, 0.05) is 18.8 Å². The minimum atomic E-state index is -0.829. The Hall–Kier alpha value is -4.38. The summed E-state index contributed by atoms with van der Waals surface area (Å²) >= 11 is 1.28. The van der Waals surface area contributed by atoms with Gasteiger partial charge in [0.2, 0.25) is 5.91 Å². The number of piperidine rings is 1. The van der Waals surface area contributed by atoms with E-state index in [-0.39, 0.29) is 17.6 Å². The number of para-hydroxylation sites is 2. The molecular weight excluding hydrogens is 476 g/mol. The summed E-state index contributed by atoms with van der Waals surface area (Å²) in [6, 6.07) is 19.1. The molecule has 184 valence electrons. The van der Waals surface area contributed by atoms with Gasteiger partial charge in [-0.25, -0.2) is 9.67 Å². The number of hydrogen-bond acceptors (Lipinski definition) is 8. The molecule has 0 aliphatic carbocycles. The zero-order chi connectivity index (χ0) is 25.1. The van der Waals surface area contributed by atoms with Crippen molar-refractivity contribution in [1.82, 2.24) is 14.8 Å². The molecule has 4 aromatic rings. The van der Waals surface area contributed by atoms with Gasteiger partial charge >= 0.3 is 0 Å². The van der Waals surface area contributed by atoms with Crippen molar-refractivity contribution in [2.75, 3.05) is 34.4 Å². The minimum Gasteiger partial charge on any atom is -0.394 e. The Morgan fingerprint density at radius 3 is 2.33 bits per heavy atom. The molecule has 11 heteroatoms. The molecule has 5 rings (SSSR count). The van der Waals surface area contributed by atoms with Crippen molar-refractivity contribution in [3.8, 4) is 5.69 Å². The van der Waals surface area contributed by atoms with Crippen LogP contribution in [0, 0.1) is 0 Å². The van der Waals surface area contributed by atoms with Gasteiger partial charge in [-0.2, -0.15) is 0 Å². The van der Waals surface area contributed by atoms with Crippen molar-refractivity contribution < 1.29 is 9.59 Å². The van der Waals surface area contributed by atoms with Crippen LogP contribution >= 0.6 is 11.3 Å². The van der Waals surface area contributed by atoms with E-state index >= 15 is 0 Å². The lowest BCUT2D eigenvalue weighted by atomic mass is 9.86. The molecular formula is C25H26N8O2S. The molecule has 36 heavy (non-hydrogen) atoms. The average molecular weight is 503 g/mol. The molecule has 2 amide bonds. The Kier molecular flexibility index (Phi) is 6.30. The number of amides is 2. The minimum absolute atomic E-state index is 0.287. The van der Waals surface area contributed by atoms with Gasteiger partial charge in [-0.3, -0.25) is 9.59 Å². The highest BCUT2D eigenvalue weighted by molar-refractivity contribution is 7.17. The fourth-order valence-electron chi connectivity index (χ4n) is 4.19. The fraction of sp³-hybridized carbons (Fsp3) is 0.200. The van der Waals surface area contributed by atoms with Crippen molar-refractivity contribution in [2.24, 2.45) is 5.73 Å². The number of hydrogen-bond donors (Lipinski definition) is 4. The Labute approximate surface area is 211 Å². The van der Waals surface area contributed by atoms with Gasteiger partial charge in [0.1, 0.15) is 10.4 Å². The number of nitrogens with two attached hydrogens (primary N) is 2. The molecule has 3 heterocycles. The molecule has 1 aliphatic heterocycles. The zero-order valence-corrected chi connectivity index (χ0v) is 20.2. The Bertz CT molecular complexity index is 1360. The molecule has 0 saturated carbocycles. The second-order valence-electron chi connectivity index (χ2n) is 8.60. The zero-order valence-electron chi connectivity index (χ0n) is 19.4. The van der Waals surface area contributed by atoms with Crippen molar-refractivity contribution >= 4 is 45.5 Å². The number of primary amides is 1. The van der Waals surface area contributed by atoms with Crippen LogP contribution < -0.4 is 27.0 Å². The highest BCUT2D eigenvalue weighted by Crippen LogP contribution is 2.32. The van der Waals surface area contributed by atoms with Gasteiger partial charge in [0.05, 0.1) is 23.8 Å². The van der Waals surface area contributed by atoms with E-state index in [9.17, 15) is 9.59 Å². The first kappa shape index (κ1) is 23.4. The maximum Gasteiger partial charge on any atom is 0.268 e. The summed E-state index contributed by atoms with van der Waals surface area (Å²) in [4.78, 5) is 32.2. The van der Waals surface area contributed by atoms with Crippen LogP contribution in [0.3, 0.4) is 0 Å². The Morgan fingerprint density at radius 2 is 1.67 bits per heavy atom. The first-order valence-electron chi connectivity index (χ1n) is 11.5. The molecule has 0 atom stereocenters. The molecule has 6 N–H and O–H groups in total. The molecule has 0 radical (unpaired) electrons. The topological polar surface area (TPSA) is 144 Å². The first-order chi connectivity index (χ1) is 17.4. The number of thiazole rings is 1. The third kappa shape index (κ3) is 4.73. The highest BCUT2D eigenvalue weighted by Gasteiger charge is 2.40. The van der Waals surface area contributed by atoms with Gasteiger partial charge in [0.15, 0.2) is 10.9 Å². The van der Waals surface area contributed by atoms with Crippen molar-refractivity contribution in [3.05, 3.63) is 77.9 Å². The number of rotatable bonds is 7. The molecule has 1 saturated heterocycles. The number of nitrogen functional groups attached to an aromatic ring is 1.